The summed E-state index contributed by atoms with van der Waals surface area (Å²) in [6.45, 7) is 8.57. The van der Waals surface area contributed by atoms with Gasteiger partial charge in [0.05, 0.1) is 11.7 Å². The Balaban J connectivity index is 1.55. The van der Waals surface area contributed by atoms with E-state index in [9.17, 15) is 15.2 Å². The Morgan fingerprint density at radius 2 is 1.69 bits per heavy atom. The molecule has 1 aliphatic heterocycles. The van der Waals surface area contributed by atoms with E-state index in [1.54, 1.807) is 0 Å². The number of carbonyl (C=O) groups excluding carboxylic acids is 1. The molecule has 0 bridgehead atoms. The molecule has 1 heterocycles. The van der Waals surface area contributed by atoms with Gasteiger partial charge in [-0.1, -0.05) is 13.8 Å². The number of hydrogen-bond acceptors (Lipinski definition) is 4. The van der Waals surface area contributed by atoms with Gasteiger partial charge >= 0.3 is 0 Å². The molecular weight excluding hydrogens is 326 g/mol. The van der Waals surface area contributed by atoms with Gasteiger partial charge in [-0.2, -0.15) is 5.26 Å². The summed E-state index contributed by atoms with van der Waals surface area (Å²) in [5.74, 6) is 1.11. The van der Waals surface area contributed by atoms with Crippen molar-refractivity contribution < 1.29 is 14.6 Å². The van der Waals surface area contributed by atoms with Gasteiger partial charge in [-0.25, -0.2) is 0 Å². The summed E-state index contributed by atoms with van der Waals surface area (Å²) in [5, 5.41) is 20.6. The normalized spacial score (nSPS) is 63.2. The smallest absolute Gasteiger partial charge is 0.184 e. The number of ether oxygens (including phenoxy) is 1. The predicted molar refractivity (Wildman–Crippen MR) is 96.0 cm³/mol. The summed E-state index contributed by atoms with van der Waals surface area (Å²) in [6, 6.07) is 2.28. The van der Waals surface area contributed by atoms with E-state index in [1.807, 2.05) is 13.8 Å². The van der Waals surface area contributed by atoms with Gasteiger partial charge in [0.25, 0.3) is 0 Å². The quantitative estimate of drug-likeness (QED) is 0.672. The number of nitrogens with zero attached hydrogens (tertiary/aromatic N) is 1. The van der Waals surface area contributed by atoms with Crippen molar-refractivity contribution in [2.45, 2.75) is 89.4 Å². The fourth-order valence-corrected chi connectivity index (χ4v) is 8.47. The minimum atomic E-state index is -0.743. The van der Waals surface area contributed by atoms with Crippen LogP contribution in [0.4, 0.5) is 0 Å². The zero-order valence-corrected chi connectivity index (χ0v) is 16.5. The van der Waals surface area contributed by atoms with Gasteiger partial charge in [-0.05, 0) is 82.0 Å². The molecule has 1 N–H and O–H groups in total. The molecule has 0 amide bonds. The standard InChI is InChI=1S/C22H31NO3/c1-18-8-6-16-14(15(18)7-9-20(18,3)25)5-10-22-19(16,2)11-13(12-23)17(24)21(22,4)26-22/h13-16,25H,5-11H2,1-4H3/t13?,14?,15?,16?,18-,19+,20-,21+,22?/m0/s1. The molecule has 0 aromatic carbocycles. The number of aliphatic hydroxyl groups is 1. The number of fused-ring (bicyclic) bond motifs is 4. The third kappa shape index (κ3) is 1.55. The highest BCUT2D eigenvalue weighted by Crippen LogP contribution is 2.76. The van der Waals surface area contributed by atoms with Crippen molar-refractivity contribution in [1.29, 1.82) is 5.26 Å². The second-order valence-corrected chi connectivity index (χ2v) is 10.8. The van der Waals surface area contributed by atoms with Crippen LogP contribution in [0.5, 0.6) is 0 Å². The molecule has 9 atom stereocenters. The average Bonchev–Trinajstić information content (AvgIpc) is 3.14. The average molecular weight is 357 g/mol. The molecule has 4 aliphatic carbocycles. The number of epoxide rings is 1. The molecule has 5 aliphatic rings. The summed E-state index contributed by atoms with van der Waals surface area (Å²) >= 11 is 0. The summed E-state index contributed by atoms with van der Waals surface area (Å²) in [4.78, 5) is 12.8. The molecule has 0 aromatic heterocycles. The van der Waals surface area contributed by atoms with Crippen LogP contribution in [0.15, 0.2) is 0 Å². The van der Waals surface area contributed by atoms with Crippen LogP contribution in [0, 0.1) is 45.8 Å². The van der Waals surface area contributed by atoms with E-state index in [2.05, 4.69) is 19.9 Å². The molecule has 4 saturated carbocycles. The van der Waals surface area contributed by atoms with Crippen LogP contribution in [-0.2, 0) is 9.53 Å². The molecule has 5 unspecified atom stereocenters. The molecule has 0 radical (unpaired) electrons. The fourth-order valence-electron chi connectivity index (χ4n) is 8.47. The van der Waals surface area contributed by atoms with E-state index in [-0.39, 0.29) is 22.2 Å². The number of nitriles is 1. The molecule has 4 nitrogen and oxygen atoms in total. The van der Waals surface area contributed by atoms with E-state index in [1.165, 1.54) is 0 Å². The van der Waals surface area contributed by atoms with Crippen molar-refractivity contribution in [2.24, 2.45) is 34.5 Å². The van der Waals surface area contributed by atoms with E-state index in [0.29, 0.717) is 24.2 Å². The van der Waals surface area contributed by atoms with Crippen LogP contribution in [0.3, 0.4) is 0 Å². The lowest BCUT2D eigenvalue weighted by atomic mass is 9.42. The molecular formula is C22H31NO3. The Hall–Kier alpha value is -0.920. The zero-order valence-electron chi connectivity index (χ0n) is 16.5. The van der Waals surface area contributed by atoms with Crippen LogP contribution in [0.25, 0.3) is 0 Å². The van der Waals surface area contributed by atoms with Gasteiger partial charge in [-0.3, -0.25) is 4.79 Å². The predicted octanol–water partition coefficient (Wildman–Crippen LogP) is 3.62. The first-order chi connectivity index (χ1) is 12.1. The maximum Gasteiger partial charge on any atom is 0.184 e. The highest BCUT2D eigenvalue weighted by Gasteiger charge is 2.84. The van der Waals surface area contributed by atoms with Crippen molar-refractivity contribution >= 4 is 5.78 Å². The molecule has 0 aromatic rings. The third-order valence-electron chi connectivity index (χ3n) is 10.2. The molecule has 142 valence electrons. The van der Waals surface area contributed by atoms with Crippen molar-refractivity contribution in [3.63, 3.8) is 0 Å². The maximum absolute atomic E-state index is 12.8. The zero-order chi connectivity index (χ0) is 18.8. The summed E-state index contributed by atoms with van der Waals surface area (Å²) in [6.07, 6.45) is 6.80. The van der Waals surface area contributed by atoms with E-state index < -0.39 is 17.1 Å². The lowest BCUT2D eigenvalue weighted by Crippen LogP contribution is -2.62. The molecule has 5 rings (SSSR count). The minimum absolute atomic E-state index is 0.00184. The van der Waals surface area contributed by atoms with E-state index >= 15 is 0 Å². The Kier molecular flexibility index (Phi) is 3.01. The van der Waals surface area contributed by atoms with Gasteiger partial charge in [0, 0.05) is 5.41 Å². The Labute approximate surface area is 156 Å². The molecule has 4 heteroatoms. The SMILES string of the molecule is C[C@]1(O)CCC2C3CCC45O[C@]4(C)C(=O)C(C#N)C[C@]5(C)C3CC[C@@]21C. The van der Waals surface area contributed by atoms with Crippen molar-refractivity contribution in [1.82, 2.24) is 0 Å². The van der Waals surface area contributed by atoms with Gasteiger partial charge < -0.3 is 9.84 Å². The van der Waals surface area contributed by atoms with Crippen molar-refractivity contribution in [3.05, 3.63) is 0 Å². The Morgan fingerprint density at radius 1 is 1.04 bits per heavy atom. The van der Waals surface area contributed by atoms with Gasteiger partial charge in [0.2, 0.25) is 0 Å². The monoisotopic (exact) mass is 357 g/mol. The number of hydrogen-bond donors (Lipinski definition) is 1. The first-order valence-corrected chi connectivity index (χ1v) is 10.4. The van der Waals surface area contributed by atoms with Crippen LogP contribution in [0.2, 0.25) is 0 Å². The van der Waals surface area contributed by atoms with Gasteiger partial charge in [0.1, 0.15) is 11.5 Å². The highest BCUT2D eigenvalue weighted by molar-refractivity contribution is 5.96. The lowest BCUT2D eigenvalue weighted by Gasteiger charge is -2.60. The van der Waals surface area contributed by atoms with Gasteiger partial charge in [-0.15, -0.1) is 0 Å². The van der Waals surface area contributed by atoms with Gasteiger partial charge in [0.15, 0.2) is 11.4 Å². The lowest BCUT2D eigenvalue weighted by molar-refractivity contribution is -0.153. The Bertz CT molecular complexity index is 740. The molecule has 1 spiro atoms. The van der Waals surface area contributed by atoms with Crippen molar-refractivity contribution in [2.75, 3.05) is 0 Å². The Morgan fingerprint density at radius 3 is 2.38 bits per heavy atom. The molecule has 5 fully saturated rings. The summed E-state index contributed by atoms with van der Waals surface area (Å²) in [5.41, 5.74) is -1.76. The van der Waals surface area contributed by atoms with Crippen LogP contribution in [0.1, 0.15) is 72.6 Å². The largest absolute Gasteiger partial charge is 0.390 e. The van der Waals surface area contributed by atoms with E-state index in [4.69, 9.17) is 4.74 Å². The first kappa shape index (κ1) is 17.2. The number of rotatable bonds is 0. The fraction of sp³-hybridized carbons (Fsp3) is 0.909. The molecule has 1 saturated heterocycles. The second kappa shape index (κ2) is 4.55. The second-order valence-electron chi connectivity index (χ2n) is 10.8. The first-order valence-electron chi connectivity index (χ1n) is 10.4. The number of carbonyl (C=O) groups is 1. The number of Topliss-reactive ketones (excluding diaryl/α,β-unsaturated/α-hetero) is 1. The third-order valence-corrected chi connectivity index (χ3v) is 10.2. The summed E-state index contributed by atoms with van der Waals surface area (Å²) < 4.78 is 6.28. The van der Waals surface area contributed by atoms with Crippen LogP contribution in [-0.4, -0.2) is 27.7 Å². The number of ketones is 1. The minimum Gasteiger partial charge on any atom is -0.390 e. The maximum atomic E-state index is 12.8. The summed E-state index contributed by atoms with van der Waals surface area (Å²) in [7, 11) is 0. The van der Waals surface area contributed by atoms with Crippen LogP contribution < -0.4 is 0 Å². The molecule has 26 heavy (non-hydrogen) atoms. The highest BCUT2D eigenvalue weighted by atomic mass is 16.6. The van der Waals surface area contributed by atoms with Crippen LogP contribution >= 0.6 is 0 Å². The van der Waals surface area contributed by atoms with E-state index in [0.717, 1.165) is 38.5 Å². The topological polar surface area (TPSA) is 73.6 Å². The van der Waals surface area contributed by atoms with Crippen molar-refractivity contribution in [3.8, 4) is 6.07 Å².